The number of thiazole rings is 1. The number of anilines is 1. The molecule has 1 N–H and O–H groups in total. The van der Waals surface area contributed by atoms with Crippen molar-refractivity contribution < 1.29 is 4.79 Å². The Labute approximate surface area is 185 Å². The number of fused-ring (bicyclic) bond motifs is 1. The molecule has 0 unspecified atom stereocenters. The van der Waals surface area contributed by atoms with E-state index in [1.807, 2.05) is 54.6 Å². The fraction of sp³-hybridized carbons (Fsp3) is 0. The third kappa shape index (κ3) is 3.87. The number of halogens is 3. The molecule has 0 saturated carbocycles. The van der Waals surface area contributed by atoms with Crippen molar-refractivity contribution in [3.63, 3.8) is 0 Å². The Hall–Kier alpha value is -1.54. The quantitative estimate of drug-likeness (QED) is 0.279. The van der Waals surface area contributed by atoms with E-state index in [2.05, 4.69) is 53.1 Å². The molecule has 0 bridgehead atoms. The van der Waals surface area contributed by atoms with Gasteiger partial charge in [-0.15, -0.1) is 11.3 Å². The molecule has 1 amide bonds. The normalized spacial score (nSPS) is 10.9. The van der Waals surface area contributed by atoms with Gasteiger partial charge < -0.3 is 5.32 Å². The zero-order valence-electron chi connectivity index (χ0n) is 13.7. The highest BCUT2D eigenvalue weighted by molar-refractivity contribution is 9.11. The lowest BCUT2D eigenvalue weighted by molar-refractivity contribution is 0.102. The van der Waals surface area contributed by atoms with Gasteiger partial charge in [-0.2, -0.15) is 0 Å². The lowest BCUT2D eigenvalue weighted by atomic mass is 10.1. The number of amides is 1. The molecular formula is C20H11Br3N2OS. The molecule has 3 aromatic carbocycles. The maximum Gasteiger partial charge on any atom is 0.256 e. The van der Waals surface area contributed by atoms with Crippen molar-refractivity contribution in [1.29, 1.82) is 0 Å². The summed E-state index contributed by atoms with van der Waals surface area (Å²) in [6.07, 6.45) is 0. The van der Waals surface area contributed by atoms with Crippen LogP contribution in [0.3, 0.4) is 0 Å². The fourth-order valence-corrected chi connectivity index (χ4v) is 5.46. The molecule has 4 aromatic rings. The van der Waals surface area contributed by atoms with Gasteiger partial charge in [0.15, 0.2) is 0 Å². The Kier molecular flexibility index (Phi) is 5.45. The molecular weight excluding hydrogens is 556 g/mol. The van der Waals surface area contributed by atoms with Crippen LogP contribution >= 0.6 is 59.1 Å². The van der Waals surface area contributed by atoms with Crippen LogP contribution in [0.2, 0.25) is 0 Å². The van der Waals surface area contributed by atoms with Crippen LogP contribution in [0.15, 0.2) is 74.1 Å². The smallest absolute Gasteiger partial charge is 0.256 e. The molecule has 0 atom stereocenters. The van der Waals surface area contributed by atoms with Gasteiger partial charge in [-0.3, -0.25) is 4.79 Å². The maximum atomic E-state index is 12.8. The molecule has 1 heterocycles. The van der Waals surface area contributed by atoms with Gasteiger partial charge >= 0.3 is 0 Å². The van der Waals surface area contributed by atoms with Crippen molar-refractivity contribution in [2.24, 2.45) is 0 Å². The summed E-state index contributed by atoms with van der Waals surface area (Å²) >= 11 is 12.1. The first-order chi connectivity index (χ1) is 13.0. The molecule has 0 saturated heterocycles. The molecule has 134 valence electrons. The minimum absolute atomic E-state index is 0.187. The molecule has 0 aliphatic heterocycles. The maximum absolute atomic E-state index is 12.8. The highest BCUT2D eigenvalue weighted by Gasteiger charge is 2.18. The van der Waals surface area contributed by atoms with E-state index in [9.17, 15) is 4.79 Å². The second kappa shape index (κ2) is 7.83. The second-order valence-electron chi connectivity index (χ2n) is 5.73. The van der Waals surface area contributed by atoms with Crippen LogP contribution in [-0.4, -0.2) is 10.9 Å². The van der Waals surface area contributed by atoms with Gasteiger partial charge in [0.25, 0.3) is 5.91 Å². The summed E-state index contributed by atoms with van der Waals surface area (Å²) < 4.78 is 3.54. The van der Waals surface area contributed by atoms with Gasteiger partial charge in [-0.05, 0) is 68.3 Å². The zero-order chi connectivity index (χ0) is 19.0. The van der Waals surface area contributed by atoms with Crippen LogP contribution < -0.4 is 5.32 Å². The summed E-state index contributed by atoms with van der Waals surface area (Å²) in [5.41, 5.74) is 3.06. The van der Waals surface area contributed by atoms with Crippen molar-refractivity contribution in [3.8, 4) is 10.6 Å². The highest BCUT2D eigenvalue weighted by atomic mass is 79.9. The lowest BCUT2D eigenvalue weighted by Gasteiger charge is -2.13. The van der Waals surface area contributed by atoms with Crippen molar-refractivity contribution in [2.45, 2.75) is 0 Å². The fourth-order valence-electron chi connectivity index (χ4n) is 2.68. The van der Waals surface area contributed by atoms with E-state index in [0.29, 0.717) is 11.3 Å². The number of nitrogens with one attached hydrogen (secondary N) is 1. The van der Waals surface area contributed by atoms with E-state index in [0.717, 1.165) is 34.2 Å². The number of rotatable bonds is 3. The van der Waals surface area contributed by atoms with Crippen molar-refractivity contribution in [3.05, 3.63) is 79.6 Å². The average molecular weight is 567 g/mol. The molecule has 0 aliphatic rings. The summed E-state index contributed by atoms with van der Waals surface area (Å²) in [5, 5.41) is 3.88. The number of carbonyl (C=O) groups excluding carboxylic acids is 1. The number of benzene rings is 3. The van der Waals surface area contributed by atoms with Crippen LogP contribution in [0.1, 0.15) is 10.4 Å². The summed E-state index contributed by atoms with van der Waals surface area (Å²) in [6.45, 7) is 0. The van der Waals surface area contributed by atoms with E-state index in [4.69, 9.17) is 4.98 Å². The van der Waals surface area contributed by atoms with Crippen molar-refractivity contribution in [1.82, 2.24) is 4.98 Å². The third-order valence-corrected chi connectivity index (χ3v) is 6.78. The Morgan fingerprint density at radius 2 is 1.67 bits per heavy atom. The van der Waals surface area contributed by atoms with Gasteiger partial charge in [0, 0.05) is 19.0 Å². The van der Waals surface area contributed by atoms with Gasteiger partial charge in [0.2, 0.25) is 0 Å². The molecule has 4 rings (SSSR count). The first-order valence-corrected chi connectivity index (χ1v) is 11.1. The van der Waals surface area contributed by atoms with E-state index >= 15 is 0 Å². The minimum atomic E-state index is -0.187. The highest BCUT2D eigenvalue weighted by Crippen LogP contribution is 2.40. The van der Waals surface area contributed by atoms with Gasteiger partial charge in [0.05, 0.1) is 21.5 Å². The molecule has 0 aliphatic carbocycles. The van der Waals surface area contributed by atoms with E-state index in [-0.39, 0.29) is 5.91 Å². The molecule has 3 nitrogen and oxygen atoms in total. The Bertz CT molecular complexity index is 1140. The first-order valence-electron chi connectivity index (χ1n) is 7.94. The summed E-state index contributed by atoms with van der Waals surface area (Å²) in [5.74, 6) is -0.187. The molecule has 0 fully saturated rings. The molecule has 1 aromatic heterocycles. The number of nitrogens with zero attached hydrogens (tertiary/aromatic N) is 1. The zero-order valence-corrected chi connectivity index (χ0v) is 19.2. The number of para-hydroxylation sites is 1. The second-order valence-corrected chi connectivity index (χ2v) is 9.39. The van der Waals surface area contributed by atoms with Crippen molar-refractivity contribution >= 4 is 80.9 Å². The van der Waals surface area contributed by atoms with Crippen LogP contribution in [0.4, 0.5) is 5.69 Å². The number of hydrogen-bond donors (Lipinski definition) is 1. The summed E-state index contributed by atoms with van der Waals surface area (Å²) in [6, 6.07) is 19.2. The Morgan fingerprint density at radius 1 is 0.926 bits per heavy atom. The molecule has 27 heavy (non-hydrogen) atoms. The largest absolute Gasteiger partial charge is 0.320 e. The standard InChI is InChI=1S/C20H11Br3N2OS/c21-11-9-13(20-24-16-7-3-4-8-17(16)27-20)18(15(23)10-11)25-19(26)12-5-1-2-6-14(12)22/h1-10H,(H,25,26). The van der Waals surface area contributed by atoms with Gasteiger partial charge in [0.1, 0.15) is 5.01 Å². The average Bonchev–Trinajstić information content (AvgIpc) is 3.08. The lowest BCUT2D eigenvalue weighted by Crippen LogP contribution is -2.13. The Morgan fingerprint density at radius 3 is 2.44 bits per heavy atom. The van der Waals surface area contributed by atoms with Gasteiger partial charge in [-0.25, -0.2) is 4.98 Å². The van der Waals surface area contributed by atoms with Crippen LogP contribution in [-0.2, 0) is 0 Å². The van der Waals surface area contributed by atoms with E-state index in [1.54, 1.807) is 17.4 Å². The van der Waals surface area contributed by atoms with E-state index < -0.39 is 0 Å². The van der Waals surface area contributed by atoms with E-state index in [1.165, 1.54) is 0 Å². The summed E-state index contributed by atoms with van der Waals surface area (Å²) in [4.78, 5) is 17.6. The number of hydrogen-bond acceptors (Lipinski definition) is 3. The molecule has 0 spiro atoms. The SMILES string of the molecule is O=C(Nc1c(Br)cc(Br)cc1-c1nc2ccccc2s1)c1ccccc1Br. The number of carbonyl (C=O) groups is 1. The van der Waals surface area contributed by atoms with Crippen LogP contribution in [0, 0.1) is 0 Å². The number of aromatic nitrogens is 1. The summed E-state index contributed by atoms with van der Waals surface area (Å²) in [7, 11) is 0. The van der Waals surface area contributed by atoms with Crippen LogP contribution in [0.5, 0.6) is 0 Å². The predicted octanol–water partition coefficient (Wildman–Crippen LogP) is 7.50. The first kappa shape index (κ1) is 18.8. The van der Waals surface area contributed by atoms with Gasteiger partial charge in [-0.1, -0.05) is 40.2 Å². The molecule has 0 radical (unpaired) electrons. The van der Waals surface area contributed by atoms with Crippen molar-refractivity contribution in [2.75, 3.05) is 5.32 Å². The monoisotopic (exact) mass is 564 g/mol. The minimum Gasteiger partial charge on any atom is -0.320 e. The predicted molar refractivity (Wildman–Crippen MR) is 123 cm³/mol. The third-order valence-electron chi connectivity index (χ3n) is 3.94. The topological polar surface area (TPSA) is 42.0 Å². The molecule has 7 heteroatoms. The van der Waals surface area contributed by atoms with Crippen LogP contribution in [0.25, 0.3) is 20.8 Å². The Balaban J connectivity index is 1.81.